The van der Waals surface area contributed by atoms with Gasteiger partial charge in [0.1, 0.15) is 0 Å². The van der Waals surface area contributed by atoms with Crippen molar-refractivity contribution >= 4 is 21.8 Å². The number of halogens is 1. The van der Waals surface area contributed by atoms with Crippen LogP contribution in [0.1, 0.15) is 50.5 Å². The van der Waals surface area contributed by atoms with E-state index < -0.39 is 0 Å². The van der Waals surface area contributed by atoms with Crippen molar-refractivity contribution in [1.82, 2.24) is 10.2 Å². The lowest BCUT2D eigenvalue weighted by Gasteiger charge is -2.59. The zero-order chi connectivity index (χ0) is 18.2. The number of carbonyl (C=O) groups excluding carboxylic acids is 1. The van der Waals surface area contributed by atoms with Crippen molar-refractivity contribution in [2.75, 3.05) is 20.1 Å². The topological polar surface area (TPSA) is 32.3 Å². The third kappa shape index (κ3) is 3.87. The lowest BCUT2D eigenvalue weighted by molar-refractivity contribution is -0.144. The van der Waals surface area contributed by atoms with Crippen LogP contribution in [0.4, 0.5) is 0 Å². The largest absolute Gasteiger partial charge is 0.356 e. The van der Waals surface area contributed by atoms with Crippen LogP contribution in [0, 0.1) is 17.3 Å². The molecule has 1 aromatic carbocycles. The molecule has 0 saturated heterocycles. The van der Waals surface area contributed by atoms with E-state index in [1.807, 2.05) is 0 Å². The van der Waals surface area contributed by atoms with Crippen LogP contribution in [-0.4, -0.2) is 35.3 Å². The van der Waals surface area contributed by atoms with Gasteiger partial charge in [0.05, 0.1) is 5.41 Å². The lowest BCUT2D eigenvalue weighted by Crippen LogP contribution is -2.58. The summed E-state index contributed by atoms with van der Waals surface area (Å²) in [5.41, 5.74) is 1.26. The lowest BCUT2D eigenvalue weighted by atomic mass is 9.49. The molecule has 0 aliphatic heterocycles. The van der Waals surface area contributed by atoms with Crippen molar-refractivity contribution in [2.45, 2.75) is 55.8 Å². The number of hydrogen-bond acceptors (Lipinski definition) is 2. The summed E-state index contributed by atoms with van der Waals surface area (Å²) in [6.07, 6.45) is 8.22. The molecule has 0 spiro atoms. The van der Waals surface area contributed by atoms with E-state index in [-0.39, 0.29) is 9.74 Å². The van der Waals surface area contributed by atoms with Gasteiger partial charge in [-0.1, -0.05) is 46.3 Å². The third-order valence-corrected chi connectivity index (χ3v) is 7.70. The predicted molar refractivity (Wildman–Crippen MR) is 109 cm³/mol. The first-order chi connectivity index (χ1) is 12.5. The zero-order valence-electron chi connectivity index (χ0n) is 15.8. The van der Waals surface area contributed by atoms with Crippen LogP contribution in [0.2, 0.25) is 0 Å². The molecule has 4 aliphatic rings. The molecule has 0 heterocycles. The normalized spacial score (nSPS) is 35.0. The molecule has 1 amide bonds. The van der Waals surface area contributed by atoms with Gasteiger partial charge in [-0.25, -0.2) is 0 Å². The minimum absolute atomic E-state index is 0.0798. The molecule has 0 aromatic heterocycles. The average molecular weight is 419 g/mol. The Morgan fingerprint density at radius 3 is 2.54 bits per heavy atom. The summed E-state index contributed by atoms with van der Waals surface area (Å²) < 4.78 is 0.254. The van der Waals surface area contributed by atoms with E-state index in [0.29, 0.717) is 5.91 Å². The van der Waals surface area contributed by atoms with E-state index >= 15 is 0 Å². The fourth-order valence-electron chi connectivity index (χ4n) is 6.13. The van der Waals surface area contributed by atoms with Crippen LogP contribution in [0.15, 0.2) is 30.3 Å². The maximum absolute atomic E-state index is 13.0. The van der Waals surface area contributed by atoms with Crippen molar-refractivity contribution in [1.29, 1.82) is 0 Å². The van der Waals surface area contributed by atoms with Gasteiger partial charge in [0, 0.05) is 17.4 Å². The highest BCUT2D eigenvalue weighted by Gasteiger charge is 2.59. The number of benzene rings is 1. The molecule has 1 N–H and O–H groups in total. The quantitative estimate of drug-likeness (QED) is 0.526. The number of carbonyl (C=O) groups is 1. The first-order valence-electron chi connectivity index (χ1n) is 10.2. The molecule has 4 fully saturated rings. The van der Waals surface area contributed by atoms with E-state index in [4.69, 9.17) is 0 Å². The highest BCUT2D eigenvalue weighted by Crippen LogP contribution is 2.64. The second-order valence-electron chi connectivity index (χ2n) is 9.23. The SMILES string of the molecule is CN(CCCNC(=O)C12CC3CC(CC(Br)(C3)C1)C2)Cc1ccccc1. The standard InChI is InChI=1S/C22H31BrN2O/c1-25(15-17-6-3-2-4-7-17)9-5-8-24-20(26)21-11-18-10-19(12-21)14-22(23,13-18)16-21/h2-4,6-7,18-19H,5,8-16H2,1H3,(H,24,26). The third-order valence-electron chi connectivity index (χ3n) is 6.77. The zero-order valence-corrected chi connectivity index (χ0v) is 17.4. The summed E-state index contributed by atoms with van der Waals surface area (Å²) in [5.74, 6) is 1.86. The fraction of sp³-hybridized carbons (Fsp3) is 0.682. The van der Waals surface area contributed by atoms with Crippen LogP contribution >= 0.6 is 15.9 Å². The Labute approximate surface area is 166 Å². The van der Waals surface area contributed by atoms with Crippen molar-refractivity contribution in [3.63, 3.8) is 0 Å². The second kappa shape index (κ2) is 7.27. The van der Waals surface area contributed by atoms with Crippen molar-refractivity contribution in [2.24, 2.45) is 17.3 Å². The van der Waals surface area contributed by atoms with Crippen LogP contribution < -0.4 is 5.32 Å². The molecule has 5 rings (SSSR count). The summed E-state index contributed by atoms with van der Waals surface area (Å²) >= 11 is 4.01. The molecule has 4 aliphatic carbocycles. The Balaban J connectivity index is 1.23. The molecule has 2 unspecified atom stereocenters. The number of amides is 1. The van der Waals surface area contributed by atoms with Crippen molar-refractivity contribution in [3.8, 4) is 0 Å². The van der Waals surface area contributed by atoms with E-state index in [0.717, 1.165) is 57.2 Å². The minimum atomic E-state index is -0.0798. The Hall–Kier alpha value is -0.870. The van der Waals surface area contributed by atoms with Gasteiger partial charge in [-0.15, -0.1) is 0 Å². The predicted octanol–water partition coefficient (Wildman–Crippen LogP) is 4.36. The van der Waals surface area contributed by atoms with Crippen molar-refractivity contribution < 1.29 is 4.79 Å². The van der Waals surface area contributed by atoms with Crippen LogP contribution in [0.25, 0.3) is 0 Å². The molecule has 2 atom stereocenters. The molecular weight excluding hydrogens is 388 g/mol. The Morgan fingerprint density at radius 2 is 1.88 bits per heavy atom. The summed E-state index contributed by atoms with van der Waals surface area (Å²) in [5, 5.41) is 3.29. The molecule has 4 saturated carbocycles. The molecule has 26 heavy (non-hydrogen) atoms. The van der Waals surface area contributed by atoms with Crippen LogP contribution in [-0.2, 0) is 11.3 Å². The number of nitrogens with zero attached hydrogens (tertiary/aromatic N) is 1. The molecule has 3 nitrogen and oxygen atoms in total. The number of alkyl halides is 1. The van der Waals surface area contributed by atoms with E-state index in [9.17, 15) is 4.79 Å². The highest BCUT2D eigenvalue weighted by atomic mass is 79.9. The fourth-order valence-corrected chi connectivity index (χ4v) is 7.58. The first kappa shape index (κ1) is 18.5. The van der Waals surface area contributed by atoms with Gasteiger partial charge in [0.2, 0.25) is 5.91 Å². The summed E-state index contributed by atoms with van der Waals surface area (Å²) in [6, 6.07) is 10.6. The second-order valence-corrected chi connectivity index (χ2v) is 10.9. The molecule has 142 valence electrons. The molecule has 4 heteroatoms. The summed E-state index contributed by atoms with van der Waals surface area (Å²) in [7, 11) is 2.16. The van der Waals surface area contributed by atoms with E-state index in [1.165, 1.54) is 24.8 Å². The van der Waals surface area contributed by atoms with E-state index in [1.54, 1.807) is 0 Å². The number of rotatable bonds is 7. The maximum atomic E-state index is 13.0. The number of nitrogens with one attached hydrogen (secondary N) is 1. The van der Waals surface area contributed by atoms with Gasteiger partial charge in [-0.05, 0) is 75.9 Å². The molecular formula is C22H31BrN2O. The minimum Gasteiger partial charge on any atom is -0.356 e. The van der Waals surface area contributed by atoms with Crippen LogP contribution in [0.5, 0.6) is 0 Å². The summed E-state index contributed by atoms with van der Waals surface area (Å²) in [4.78, 5) is 15.4. The molecule has 0 radical (unpaired) electrons. The Bertz CT molecular complexity index is 633. The van der Waals surface area contributed by atoms with E-state index in [2.05, 4.69) is 63.5 Å². The Morgan fingerprint density at radius 1 is 1.19 bits per heavy atom. The Kier molecular flexibility index (Phi) is 5.17. The first-order valence-corrected chi connectivity index (χ1v) is 11.0. The summed E-state index contributed by atoms with van der Waals surface area (Å²) in [6.45, 7) is 2.77. The smallest absolute Gasteiger partial charge is 0.226 e. The van der Waals surface area contributed by atoms with Crippen molar-refractivity contribution in [3.05, 3.63) is 35.9 Å². The van der Waals surface area contributed by atoms with Gasteiger partial charge in [-0.2, -0.15) is 0 Å². The van der Waals surface area contributed by atoms with Gasteiger partial charge < -0.3 is 10.2 Å². The van der Waals surface area contributed by atoms with Gasteiger partial charge >= 0.3 is 0 Å². The molecule has 1 aromatic rings. The molecule has 4 bridgehead atoms. The number of hydrogen-bond donors (Lipinski definition) is 1. The highest BCUT2D eigenvalue weighted by molar-refractivity contribution is 9.10. The monoisotopic (exact) mass is 418 g/mol. The average Bonchev–Trinajstić information content (AvgIpc) is 2.57. The van der Waals surface area contributed by atoms with Gasteiger partial charge in [-0.3, -0.25) is 4.79 Å². The maximum Gasteiger partial charge on any atom is 0.226 e. The van der Waals surface area contributed by atoms with Crippen LogP contribution in [0.3, 0.4) is 0 Å². The van der Waals surface area contributed by atoms with Gasteiger partial charge in [0.25, 0.3) is 0 Å². The van der Waals surface area contributed by atoms with Gasteiger partial charge in [0.15, 0.2) is 0 Å².